The van der Waals surface area contributed by atoms with Crippen molar-refractivity contribution in [2.75, 3.05) is 13.1 Å². The van der Waals surface area contributed by atoms with Crippen molar-refractivity contribution < 1.29 is 4.79 Å². The van der Waals surface area contributed by atoms with Gasteiger partial charge >= 0.3 is 5.69 Å². The maximum atomic E-state index is 12.6. The summed E-state index contributed by atoms with van der Waals surface area (Å²) in [6, 6.07) is 6.12. The predicted molar refractivity (Wildman–Crippen MR) is 84.0 cm³/mol. The molecule has 1 aliphatic rings. The Morgan fingerprint density at radius 3 is 2.59 bits per heavy atom. The molecule has 1 aliphatic heterocycles. The van der Waals surface area contributed by atoms with E-state index in [0.717, 1.165) is 17.4 Å². The fourth-order valence-electron chi connectivity index (χ4n) is 3.08. The Kier molecular flexibility index (Phi) is 3.83. The largest absolute Gasteiger partial charge is 0.341 e. The number of benzene rings is 1. The van der Waals surface area contributed by atoms with E-state index in [-0.39, 0.29) is 5.91 Å². The van der Waals surface area contributed by atoms with Gasteiger partial charge in [0.15, 0.2) is 0 Å². The van der Waals surface area contributed by atoms with Crippen LogP contribution in [0.15, 0.2) is 33.9 Å². The van der Waals surface area contributed by atoms with Crippen LogP contribution in [0.25, 0.3) is 10.9 Å². The third kappa shape index (κ3) is 2.34. The molecule has 2 aromatic rings. The van der Waals surface area contributed by atoms with E-state index < -0.39 is 17.3 Å². The Bertz CT molecular complexity index is 815. The molecule has 6 nitrogen and oxygen atoms in total. The van der Waals surface area contributed by atoms with Crippen molar-refractivity contribution in [1.82, 2.24) is 14.5 Å². The van der Waals surface area contributed by atoms with Gasteiger partial charge in [0, 0.05) is 13.1 Å². The first-order valence-electron chi connectivity index (χ1n) is 7.66. The van der Waals surface area contributed by atoms with Gasteiger partial charge in [0.2, 0.25) is 5.91 Å². The predicted octanol–water partition coefficient (Wildman–Crippen LogP) is 1.26. The fourth-order valence-corrected chi connectivity index (χ4v) is 3.08. The highest BCUT2D eigenvalue weighted by Crippen LogP contribution is 2.17. The number of nitrogens with zero attached hydrogens (tertiary/aromatic N) is 2. The molecule has 116 valence electrons. The lowest BCUT2D eigenvalue weighted by molar-refractivity contribution is -0.134. The van der Waals surface area contributed by atoms with Crippen LogP contribution >= 0.6 is 0 Å². The van der Waals surface area contributed by atoms with Crippen molar-refractivity contribution in [1.29, 1.82) is 0 Å². The zero-order valence-corrected chi connectivity index (χ0v) is 12.5. The highest BCUT2D eigenvalue weighted by atomic mass is 16.2. The Labute approximate surface area is 127 Å². The van der Waals surface area contributed by atoms with Crippen LogP contribution in [0.4, 0.5) is 0 Å². The molecule has 1 aromatic carbocycles. The zero-order chi connectivity index (χ0) is 15.7. The third-order valence-electron chi connectivity index (χ3n) is 4.24. The summed E-state index contributed by atoms with van der Waals surface area (Å²) in [4.78, 5) is 42.0. The molecular formula is C16H19N3O3. The zero-order valence-electron chi connectivity index (χ0n) is 12.5. The number of nitrogens with one attached hydrogen (secondary N) is 1. The number of hydrogen-bond donors (Lipinski definition) is 1. The SMILES string of the molecule is CC[C@H](C(=O)N1CCCC1)n1c(=O)[nH]c2ccccc2c1=O. The number of hydrogen-bond acceptors (Lipinski definition) is 3. The molecular weight excluding hydrogens is 282 g/mol. The average molecular weight is 301 g/mol. The summed E-state index contributed by atoms with van der Waals surface area (Å²) < 4.78 is 1.07. The van der Waals surface area contributed by atoms with Gasteiger partial charge < -0.3 is 9.88 Å². The lowest BCUT2D eigenvalue weighted by atomic mass is 10.1. The highest BCUT2D eigenvalue weighted by Gasteiger charge is 2.29. The fraction of sp³-hybridized carbons (Fsp3) is 0.438. The van der Waals surface area contributed by atoms with Crippen molar-refractivity contribution in [3.63, 3.8) is 0 Å². The van der Waals surface area contributed by atoms with Gasteiger partial charge in [-0.25, -0.2) is 9.36 Å². The maximum absolute atomic E-state index is 12.6. The Morgan fingerprint density at radius 1 is 1.23 bits per heavy atom. The molecule has 1 amide bonds. The molecule has 22 heavy (non-hydrogen) atoms. The van der Waals surface area contributed by atoms with Crippen LogP contribution in [0.5, 0.6) is 0 Å². The van der Waals surface area contributed by atoms with Crippen LogP contribution in [-0.4, -0.2) is 33.4 Å². The van der Waals surface area contributed by atoms with Crippen molar-refractivity contribution >= 4 is 16.8 Å². The summed E-state index contributed by atoms with van der Waals surface area (Å²) in [5.74, 6) is -0.136. The number of rotatable bonds is 3. The molecule has 0 spiro atoms. The lowest BCUT2D eigenvalue weighted by Gasteiger charge is -2.23. The molecule has 1 aromatic heterocycles. The summed E-state index contributed by atoms with van der Waals surface area (Å²) >= 11 is 0. The van der Waals surface area contributed by atoms with Gasteiger partial charge in [0.25, 0.3) is 5.56 Å². The average Bonchev–Trinajstić information content (AvgIpc) is 3.05. The van der Waals surface area contributed by atoms with Gasteiger partial charge in [-0.05, 0) is 31.4 Å². The minimum atomic E-state index is -0.737. The van der Waals surface area contributed by atoms with Crippen LogP contribution in [0.1, 0.15) is 32.2 Å². The number of fused-ring (bicyclic) bond motifs is 1. The van der Waals surface area contributed by atoms with Gasteiger partial charge in [0.1, 0.15) is 6.04 Å². The quantitative estimate of drug-likeness (QED) is 0.927. The van der Waals surface area contributed by atoms with Gasteiger partial charge in [-0.2, -0.15) is 0 Å². The molecule has 2 heterocycles. The highest BCUT2D eigenvalue weighted by molar-refractivity contribution is 5.82. The van der Waals surface area contributed by atoms with Crippen LogP contribution in [0, 0.1) is 0 Å². The van der Waals surface area contributed by atoms with E-state index in [0.29, 0.717) is 30.4 Å². The van der Waals surface area contributed by atoms with Crippen molar-refractivity contribution in [2.24, 2.45) is 0 Å². The molecule has 0 saturated carbocycles. The van der Waals surface area contributed by atoms with Gasteiger partial charge in [0.05, 0.1) is 10.9 Å². The number of para-hydroxylation sites is 1. The molecule has 0 radical (unpaired) electrons. The van der Waals surface area contributed by atoms with Crippen LogP contribution in [0.2, 0.25) is 0 Å². The minimum Gasteiger partial charge on any atom is -0.341 e. The Morgan fingerprint density at radius 2 is 1.91 bits per heavy atom. The van der Waals surface area contributed by atoms with Gasteiger partial charge in [-0.15, -0.1) is 0 Å². The van der Waals surface area contributed by atoms with E-state index in [1.807, 2.05) is 6.92 Å². The van der Waals surface area contributed by atoms with E-state index in [1.54, 1.807) is 29.2 Å². The normalized spacial score (nSPS) is 16.1. The number of carbonyl (C=O) groups excluding carboxylic acids is 1. The maximum Gasteiger partial charge on any atom is 0.329 e. The van der Waals surface area contributed by atoms with Gasteiger partial charge in [-0.3, -0.25) is 9.59 Å². The number of carbonyl (C=O) groups is 1. The van der Waals surface area contributed by atoms with E-state index >= 15 is 0 Å². The van der Waals surface area contributed by atoms with Crippen LogP contribution in [-0.2, 0) is 4.79 Å². The van der Waals surface area contributed by atoms with Crippen molar-refractivity contribution in [3.8, 4) is 0 Å². The van der Waals surface area contributed by atoms with Gasteiger partial charge in [-0.1, -0.05) is 19.1 Å². The van der Waals surface area contributed by atoms with Crippen LogP contribution < -0.4 is 11.2 Å². The summed E-state index contributed by atoms with van der Waals surface area (Å²) in [7, 11) is 0. The van der Waals surface area contributed by atoms with E-state index in [4.69, 9.17) is 0 Å². The minimum absolute atomic E-state index is 0.136. The molecule has 1 saturated heterocycles. The van der Waals surface area contributed by atoms with E-state index in [9.17, 15) is 14.4 Å². The summed E-state index contributed by atoms with van der Waals surface area (Å²) in [6.07, 6.45) is 2.37. The summed E-state index contributed by atoms with van der Waals surface area (Å²) in [6.45, 7) is 3.23. The van der Waals surface area contributed by atoms with E-state index in [1.165, 1.54) is 0 Å². The number of amides is 1. The molecule has 0 unspecified atom stereocenters. The monoisotopic (exact) mass is 301 g/mol. The first kappa shape index (κ1) is 14.6. The Hall–Kier alpha value is -2.37. The molecule has 0 bridgehead atoms. The second-order valence-corrected chi connectivity index (χ2v) is 5.61. The molecule has 6 heteroatoms. The first-order chi connectivity index (χ1) is 10.6. The first-order valence-corrected chi connectivity index (χ1v) is 7.66. The standard InChI is InChI=1S/C16H19N3O3/c1-2-13(15(21)18-9-5-6-10-18)19-14(20)11-7-3-4-8-12(11)17-16(19)22/h3-4,7-8,13H,2,5-6,9-10H2,1H3,(H,17,22)/t13-/m1/s1. The number of H-pyrrole nitrogens is 1. The number of likely N-dealkylation sites (tertiary alicyclic amines) is 1. The van der Waals surface area contributed by atoms with Crippen molar-refractivity contribution in [2.45, 2.75) is 32.2 Å². The van der Waals surface area contributed by atoms with Crippen molar-refractivity contribution in [3.05, 3.63) is 45.1 Å². The molecule has 1 N–H and O–H groups in total. The second-order valence-electron chi connectivity index (χ2n) is 5.61. The molecule has 0 aliphatic carbocycles. The number of aromatic nitrogens is 2. The third-order valence-corrected chi connectivity index (χ3v) is 4.24. The molecule has 1 fully saturated rings. The van der Waals surface area contributed by atoms with E-state index in [2.05, 4.69) is 4.98 Å². The molecule has 1 atom stereocenters. The Balaban J connectivity index is 2.12. The summed E-state index contributed by atoms with van der Waals surface area (Å²) in [5.41, 5.74) is -0.431. The second kappa shape index (κ2) is 5.79. The topological polar surface area (TPSA) is 75.2 Å². The van der Waals surface area contributed by atoms with Crippen LogP contribution in [0.3, 0.4) is 0 Å². The lowest BCUT2D eigenvalue weighted by Crippen LogP contribution is -2.45. The summed E-state index contributed by atoms with van der Waals surface area (Å²) in [5, 5.41) is 0.426. The smallest absolute Gasteiger partial charge is 0.329 e. The number of aromatic amines is 1. The molecule has 3 rings (SSSR count).